The predicted octanol–water partition coefficient (Wildman–Crippen LogP) is 8.69. The summed E-state index contributed by atoms with van der Waals surface area (Å²) in [6, 6.07) is 11.7. The van der Waals surface area contributed by atoms with Gasteiger partial charge in [-0.15, -0.1) is 0 Å². The molecule has 0 bridgehead atoms. The topological polar surface area (TPSA) is 0 Å². The van der Waals surface area contributed by atoms with Crippen molar-refractivity contribution in [2.75, 3.05) is 0 Å². The number of rotatable bonds is 3. The van der Waals surface area contributed by atoms with Crippen LogP contribution in [-0.2, 0) is 12.8 Å². The van der Waals surface area contributed by atoms with E-state index in [0.29, 0.717) is 10.8 Å². The number of hydrogen-bond donors (Lipinski definition) is 0. The second kappa shape index (κ2) is 7.50. The van der Waals surface area contributed by atoms with Gasteiger partial charge in [-0.05, 0) is 120 Å². The fraction of sp³-hybridized carbons (Fsp3) is 0.613. The van der Waals surface area contributed by atoms with Crippen molar-refractivity contribution in [1.29, 1.82) is 0 Å². The molecule has 0 spiro atoms. The highest BCUT2D eigenvalue weighted by atomic mass is 14.6. The van der Waals surface area contributed by atoms with Gasteiger partial charge in [-0.3, -0.25) is 0 Å². The van der Waals surface area contributed by atoms with Gasteiger partial charge in [0.15, 0.2) is 0 Å². The molecule has 2 saturated carbocycles. The van der Waals surface area contributed by atoms with Crippen LogP contribution >= 0.6 is 0 Å². The molecule has 0 heteroatoms. The van der Waals surface area contributed by atoms with Crippen molar-refractivity contribution < 1.29 is 0 Å². The summed E-state index contributed by atoms with van der Waals surface area (Å²) in [5.74, 6) is 2.64. The number of benzene rings is 2. The summed E-state index contributed by atoms with van der Waals surface area (Å²) in [6.45, 7) is 15.0. The van der Waals surface area contributed by atoms with Crippen LogP contribution in [0.15, 0.2) is 30.3 Å². The lowest BCUT2D eigenvalue weighted by Gasteiger charge is -2.59. The van der Waals surface area contributed by atoms with E-state index in [1.807, 2.05) is 0 Å². The van der Waals surface area contributed by atoms with E-state index < -0.39 is 0 Å². The van der Waals surface area contributed by atoms with Crippen LogP contribution in [0.5, 0.6) is 0 Å². The van der Waals surface area contributed by atoms with Gasteiger partial charge in [0.2, 0.25) is 0 Å². The van der Waals surface area contributed by atoms with Crippen molar-refractivity contribution in [1.82, 2.24) is 0 Å². The van der Waals surface area contributed by atoms with Crippen molar-refractivity contribution >= 4 is 0 Å². The number of aryl methyl sites for hydroxylation is 2. The third-order valence-electron chi connectivity index (χ3n) is 10.1. The van der Waals surface area contributed by atoms with Crippen LogP contribution in [0.25, 0.3) is 11.1 Å². The highest BCUT2D eigenvalue weighted by Gasteiger charge is 2.53. The molecule has 0 saturated heterocycles. The Balaban J connectivity index is 1.45. The first-order valence-electron chi connectivity index (χ1n) is 12.9. The molecule has 3 aliphatic carbocycles. The zero-order valence-corrected chi connectivity index (χ0v) is 20.8. The van der Waals surface area contributed by atoms with Crippen LogP contribution in [-0.4, -0.2) is 0 Å². The molecule has 0 aliphatic heterocycles. The van der Waals surface area contributed by atoms with Crippen LogP contribution in [0.3, 0.4) is 0 Å². The summed E-state index contributed by atoms with van der Waals surface area (Å²) >= 11 is 0. The van der Waals surface area contributed by atoms with E-state index in [-0.39, 0.29) is 0 Å². The van der Waals surface area contributed by atoms with Gasteiger partial charge in [0.05, 0.1) is 0 Å². The van der Waals surface area contributed by atoms with Crippen molar-refractivity contribution in [2.24, 2.45) is 28.6 Å². The van der Waals surface area contributed by atoms with Crippen molar-refractivity contribution in [3.63, 3.8) is 0 Å². The molecule has 2 fully saturated rings. The minimum absolute atomic E-state index is 0.522. The Kier molecular flexibility index (Phi) is 5.15. The second-order valence-electron chi connectivity index (χ2n) is 12.3. The van der Waals surface area contributed by atoms with E-state index in [4.69, 9.17) is 0 Å². The van der Waals surface area contributed by atoms with Gasteiger partial charge >= 0.3 is 0 Å². The van der Waals surface area contributed by atoms with Gasteiger partial charge in [-0.1, -0.05) is 70.9 Å². The molecule has 0 unspecified atom stereocenters. The van der Waals surface area contributed by atoms with E-state index in [9.17, 15) is 0 Å². The average Bonchev–Trinajstić information content (AvgIpc) is 3.08. The normalized spacial score (nSPS) is 31.1. The Bertz CT molecular complexity index is 993. The fourth-order valence-corrected chi connectivity index (χ4v) is 8.57. The van der Waals surface area contributed by atoms with Crippen LogP contribution in [0.1, 0.15) is 94.0 Å². The monoisotopic (exact) mass is 414 g/mol. The summed E-state index contributed by atoms with van der Waals surface area (Å²) in [5.41, 5.74) is 11.9. The summed E-state index contributed by atoms with van der Waals surface area (Å²) in [5, 5.41) is 0. The Morgan fingerprint density at radius 1 is 0.935 bits per heavy atom. The summed E-state index contributed by atoms with van der Waals surface area (Å²) in [7, 11) is 0. The first-order chi connectivity index (χ1) is 14.7. The summed E-state index contributed by atoms with van der Waals surface area (Å²) in [4.78, 5) is 0. The quantitative estimate of drug-likeness (QED) is 0.402. The lowest BCUT2D eigenvalue weighted by molar-refractivity contribution is -0.0957. The van der Waals surface area contributed by atoms with Gasteiger partial charge < -0.3 is 0 Å². The van der Waals surface area contributed by atoms with Crippen LogP contribution in [0.2, 0.25) is 0 Å². The minimum atomic E-state index is 0.522. The molecule has 2 aromatic carbocycles. The van der Waals surface area contributed by atoms with Crippen LogP contribution < -0.4 is 0 Å². The van der Waals surface area contributed by atoms with Gasteiger partial charge in [0, 0.05) is 0 Å². The minimum Gasteiger partial charge on any atom is -0.0622 e. The SMILES string of the molecule is Cc1ccc2c(c1CC[C@H]1[C@@H](C)CC[C@H]3C(C)(C)CCC[C@]13C)Cc1cccc(C)c1-2. The highest BCUT2D eigenvalue weighted by Crippen LogP contribution is 2.62. The molecule has 5 rings (SSSR count). The molecule has 166 valence electrons. The van der Waals surface area contributed by atoms with Crippen molar-refractivity contribution in [2.45, 2.75) is 92.9 Å². The maximum atomic E-state index is 2.68. The zero-order valence-electron chi connectivity index (χ0n) is 20.8. The lowest BCUT2D eigenvalue weighted by atomic mass is 9.46. The van der Waals surface area contributed by atoms with Gasteiger partial charge in [0.1, 0.15) is 0 Å². The first kappa shape index (κ1) is 21.3. The molecule has 0 N–H and O–H groups in total. The molecule has 0 heterocycles. The Morgan fingerprint density at radius 2 is 1.74 bits per heavy atom. The third-order valence-corrected chi connectivity index (χ3v) is 10.1. The van der Waals surface area contributed by atoms with Crippen molar-refractivity contribution in [3.8, 4) is 11.1 Å². The first-order valence-corrected chi connectivity index (χ1v) is 12.9. The molecule has 2 aromatic rings. The average molecular weight is 415 g/mol. The Hall–Kier alpha value is -1.56. The summed E-state index contributed by atoms with van der Waals surface area (Å²) in [6.07, 6.45) is 11.0. The van der Waals surface area contributed by atoms with Crippen molar-refractivity contribution in [3.05, 3.63) is 58.1 Å². The molecular weight excluding hydrogens is 372 g/mol. The lowest BCUT2D eigenvalue weighted by Crippen LogP contribution is -2.51. The van der Waals surface area contributed by atoms with Gasteiger partial charge in [0.25, 0.3) is 0 Å². The molecule has 0 aromatic heterocycles. The second-order valence-corrected chi connectivity index (χ2v) is 12.3. The standard InChI is InChI=1S/C31H42/c1-20-11-13-25-26(19-23-10-7-9-22(3)29(23)25)24(20)14-15-27-21(2)12-16-28-30(4,5)17-8-18-31(27,28)6/h7,9-11,13,21,27-28H,8,12,14-19H2,1-6H3/t21-,27-,28-,31+/m0/s1. The fourth-order valence-electron chi connectivity index (χ4n) is 8.57. The predicted molar refractivity (Wildman–Crippen MR) is 134 cm³/mol. The van der Waals surface area contributed by atoms with Crippen LogP contribution in [0, 0.1) is 42.4 Å². The van der Waals surface area contributed by atoms with E-state index in [0.717, 1.165) is 24.2 Å². The summed E-state index contributed by atoms with van der Waals surface area (Å²) < 4.78 is 0. The van der Waals surface area contributed by atoms with Gasteiger partial charge in [-0.25, -0.2) is 0 Å². The van der Waals surface area contributed by atoms with E-state index in [1.54, 1.807) is 11.1 Å². The smallest absolute Gasteiger partial charge is 0.00105 e. The zero-order chi connectivity index (χ0) is 22.0. The van der Waals surface area contributed by atoms with Gasteiger partial charge in [-0.2, -0.15) is 0 Å². The molecule has 31 heavy (non-hydrogen) atoms. The molecule has 4 atom stereocenters. The van der Waals surface area contributed by atoms with E-state index in [2.05, 4.69) is 71.9 Å². The Morgan fingerprint density at radius 3 is 2.55 bits per heavy atom. The highest BCUT2D eigenvalue weighted by molar-refractivity contribution is 5.81. The number of fused-ring (bicyclic) bond motifs is 4. The Labute approximate surface area is 190 Å². The maximum absolute atomic E-state index is 2.68. The molecular formula is C31H42. The largest absolute Gasteiger partial charge is 0.0622 e. The van der Waals surface area contributed by atoms with Crippen LogP contribution in [0.4, 0.5) is 0 Å². The third kappa shape index (κ3) is 3.32. The van der Waals surface area contributed by atoms with E-state index in [1.165, 1.54) is 72.8 Å². The number of hydrogen-bond acceptors (Lipinski definition) is 0. The molecule has 0 amide bonds. The molecule has 3 aliphatic rings. The molecule has 0 nitrogen and oxygen atoms in total. The molecule has 0 radical (unpaired) electrons. The maximum Gasteiger partial charge on any atom is -0.00105 e. The van der Waals surface area contributed by atoms with E-state index >= 15 is 0 Å².